The Labute approximate surface area is 134 Å². The maximum absolute atomic E-state index is 12.5. The van der Waals surface area contributed by atoms with E-state index in [0.717, 1.165) is 17.7 Å². The summed E-state index contributed by atoms with van der Waals surface area (Å²) in [6.45, 7) is 0.157. The van der Waals surface area contributed by atoms with Crippen LogP contribution in [0, 0.1) is 29.1 Å². The minimum Gasteiger partial charge on any atom is -0.396 e. The molecular weight excluding hydrogens is 296 g/mol. The normalized spacial score (nSPS) is 29.3. The lowest BCUT2D eigenvalue weighted by Gasteiger charge is -2.30. The van der Waals surface area contributed by atoms with Gasteiger partial charge >= 0.3 is 0 Å². The van der Waals surface area contributed by atoms with Crippen molar-refractivity contribution >= 4 is 17.7 Å². The topological polar surface area (TPSA) is 73.1 Å². The molecule has 0 spiro atoms. The zero-order valence-electron chi connectivity index (χ0n) is 12.4. The highest BCUT2D eigenvalue weighted by Gasteiger charge is 2.47. The first kappa shape index (κ1) is 15.4. The number of aliphatic hydroxyl groups is 1. The van der Waals surface area contributed by atoms with Crippen molar-refractivity contribution in [3.05, 3.63) is 29.8 Å². The quantitative estimate of drug-likeness (QED) is 0.818. The fraction of sp³-hybridized carbons (Fsp3) is 0.529. The summed E-state index contributed by atoms with van der Waals surface area (Å²) in [6, 6.07) is 9.58. The fourth-order valence-corrected chi connectivity index (χ4v) is 4.59. The Morgan fingerprint density at radius 3 is 3.00 bits per heavy atom. The van der Waals surface area contributed by atoms with E-state index >= 15 is 0 Å². The van der Waals surface area contributed by atoms with Crippen molar-refractivity contribution in [3.8, 4) is 6.07 Å². The molecule has 2 aliphatic carbocycles. The number of fused-ring (bicyclic) bond motifs is 2. The number of nitrogens with one attached hydrogen (secondary N) is 1. The van der Waals surface area contributed by atoms with E-state index in [1.807, 2.05) is 18.2 Å². The molecule has 0 aromatic heterocycles. The first-order valence-electron chi connectivity index (χ1n) is 7.74. The second-order valence-electron chi connectivity index (χ2n) is 6.15. The van der Waals surface area contributed by atoms with Gasteiger partial charge in [0.05, 0.1) is 11.8 Å². The number of carbonyl (C=O) groups excluding carboxylic acids is 1. The predicted molar refractivity (Wildman–Crippen MR) is 85.4 cm³/mol. The van der Waals surface area contributed by atoms with Crippen molar-refractivity contribution in [2.75, 3.05) is 12.4 Å². The van der Waals surface area contributed by atoms with Crippen molar-refractivity contribution in [1.82, 2.24) is 5.32 Å². The van der Waals surface area contributed by atoms with Crippen LogP contribution >= 0.6 is 11.8 Å². The van der Waals surface area contributed by atoms with Crippen molar-refractivity contribution in [2.24, 2.45) is 17.8 Å². The number of benzene rings is 1. The standard InChI is InChI=1S/C17H20N2O2S/c18-6-7-22-14-3-1-2-13(9-14)17(21)19-16-12-5-4-11(8-12)15(16)10-20/h1-3,9,11-12,15-16,20H,4-5,7-8,10H2,(H,19,21). The summed E-state index contributed by atoms with van der Waals surface area (Å²) in [5.41, 5.74) is 0.627. The molecule has 2 bridgehead atoms. The fourth-order valence-electron chi connectivity index (χ4n) is 3.98. The molecule has 2 fully saturated rings. The lowest BCUT2D eigenvalue weighted by Crippen LogP contribution is -2.45. The van der Waals surface area contributed by atoms with E-state index in [1.54, 1.807) is 6.07 Å². The van der Waals surface area contributed by atoms with Gasteiger partial charge in [-0.3, -0.25) is 4.79 Å². The van der Waals surface area contributed by atoms with Gasteiger partial charge in [0.25, 0.3) is 5.91 Å². The molecule has 4 nitrogen and oxygen atoms in total. The molecule has 0 radical (unpaired) electrons. The minimum atomic E-state index is -0.0737. The zero-order valence-corrected chi connectivity index (χ0v) is 13.2. The minimum absolute atomic E-state index is 0.0737. The van der Waals surface area contributed by atoms with Gasteiger partial charge in [0.1, 0.15) is 0 Å². The van der Waals surface area contributed by atoms with Crippen LogP contribution in [0.1, 0.15) is 29.6 Å². The summed E-state index contributed by atoms with van der Waals surface area (Å²) in [4.78, 5) is 13.4. The second kappa shape index (κ2) is 6.72. The SMILES string of the molecule is N#CCSc1cccc(C(=O)NC2C3CCC(C3)C2CO)c1. The Balaban J connectivity index is 1.68. The molecule has 0 aliphatic heterocycles. The summed E-state index contributed by atoms with van der Waals surface area (Å²) < 4.78 is 0. The van der Waals surface area contributed by atoms with Crippen molar-refractivity contribution in [2.45, 2.75) is 30.2 Å². The van der Waals surface area contributed by atoms with Gasteiger partial charge in [-0.05, 0) is 49.3 Å². The van der Waals surface area contributed by atoms with E-state index in [9.17, 15) is 9.90 Å². The molecule has 0 heterocycles. The first-order chi connectivity index (χ1) is 10.7. The van der Waals surface area contributed by atoms with Crippen LogP contribution in [0.15, 0.2) is 29.2 Å². The van der Waals surface area contributed by atoms with Crippen molar-refractivity contribution < 1.29 is 9.90 Å². The maximum Gasteiger partial charge on any atom is 0.251 e. The predicted octanol–water partition coefficient (Wildman–Crippen LogP) is 2.44. The molecule has 116 valence electrons. The molecule has 2 saturated carbocycles. The van der Waals surface area contributed by atoms with Crippen LogP contribution in [-0.4, -0.2) is 29.4 Å². The van der Waals surface area contributed by atoms with Gasteiger partial charge in [0.2, 0.25) is 0 Å². The number of rotatable bonds is 5. The van der Waals surface area contributed by atoms with Crippen LogP contribution in [0.4, 0.5) is 0 Å². The molecule has 4 atom stereocenters. The highest BCUT2D eigenvalue weighted by Crippen LogP contribution is 2.48. The molecular formula is C17H20N2O2S. The van der Waals surface area contributed by atoms with Crippen LogP contribution < -0.4 is 5.32 Å². The number of nitrogens with zero attached hydrogens (tertiary/aromatic N) is 1. The summed E-state index contributed by atoms with van der Waals surface area (Å²) >= 11 is 1.43. The van der Waals surface area contributed by atoms with E-state index in [1.165, 1.54) is 18.2 Å². The molecule has 1 aromatic carbocycles. The smallest absolute Gasteiger partial charge is 0.251 e. The van der Waals surface area contributed by atoms with Gasteiger partial charge in [-0.1, -0.05) is 6.07 Å². The van der Waals surface area contributed by atoms with Gasteiger partial charge in [0, 0.05) is 29.0 Å². The van der Waals surface area contributed by atoms with Gasteiger partial charge in [-0.2, -0.15) is 5.26 Å². The van der Waals surface area contributed by atoms with Crippen LogP contribution in [0.25, 0.3) is 0 Å². The van der Waals surface area contributed by atoms with Crippen LogP contribution in [0.3, 0.4) is 0 Å². The molecule has 0 saturated heterocycles. The molecule has 22 heavy (non-hydrogen) atoms. The zero-order chi connectivity index (χ0) is 15.5. The lowest BCUT2D eigenvalue weighted by atomic mass is 9.85. The Morgan fingerprint density at radius 2 is 2.23 bits per heavy atom. The third kappa shape index (κ3) is 2.99. The van der Waals surface area contributed by atoms with Crippen molar-refractivity contribution in [1.29, 1.82) is 5.26 Å². The number of hydrogen-bond acceptors (Lipinski definition) is 4. The molecule has 2 N–H and O–H groups in total. The molecule has 1 amide bonds. The van der Waals surface area contributed by atoms with Crippen molar-refractivity contribution in [3.63, 3.8) is 0 Å². The molecule has 2 aliphatic rings. The highest BCUT2D eigenvalue weighted by atomic mass is 32.2. The van der Waals surface area contributed by atoms with E-state index < -0.39 is 0 Å². The highest BCUT2D eigenvalue weighted by molar-refractivity contribution is 7.99. The second-order valence-corrected chi connectivity index (χ2v) is 7.20. The third-order valence-corrected chi connectivity index (χ3v) is 5.86. The number of hydrogen-bond donors (Lipinski definition) is 2. The summed E-state index contributed by atoms with van der Waals surface area (Å²) in [7, 11) is 0. The van der Waals surface area contributed by atoms with Crippen LogP contribution in [-0.2, 0) is 0 Å². The average molecular weight is 316 g/mol. The van der Waals surface area contributed by atoms with Gasteiger partial charge < -0.3 is 10.4 Å². The molecule has 5 heteroatoms. The number of nitriles is 1. The summed E-state index contributed by atoms with van der Waals surface area (Å²) in [6.07, 6.45) is 3.47. The molecule has 1 aromatic rings. The van der Waals surface area contributed by atoms with Gasteiger partial charge in [0.15, 0.2) is 0 Å². The van der Waals surface area contributed by atoms with E-state index in [4.69, 9.17) is 5.26 Å². The monoisotopic (exact) mass is 316 g/mol. The number of thioether (sulfide) groups is 1. The number of carbonyl (C=O) groups is 1. The average Bonchev–Trinajstić information content (AvgIpc) is 3.14. The van der Waals surface area contributed by atoms with E-state index in [2.05, 4.69) is 11.4 Å². The van der Waals surface area contributed by atoms with Gasteiger partial charge in [-0.15, -0.1) is 11.8 Å². The summed E-state index contributed by atoms with van der Waals surface area (Å²) in [5.74, 6) is 1.60. The Kier molecular flexibility index (Phi) is 4.70. The number of amides is 1. The molecule has 4 unspecified atom stereocenters. The van der Waals surface area contributed by atoms with Crippen LogP contribution in [0.5, 0.6) is 0 Å². The lowest BCUT2D eigenvalue weighted by molar-refractivity contribution is 0.0861. The Hall–Kier alpha value is -1.51. The van der Waals surface area contributed by atoms with Gasteiger partial charge in [-0.25, -0.2) is 0 Å². The number of aliphatic hydroxyl groups excluding tert-OH is 1. The Morgan fingerprint density at radius 1 is 1.41 bits per heavy atom. The largest absolute Gasteiger partial charge is 0.396 e. The summed E-state index contributed by atoms with van der Waals surface area (Å²) in [5, 5.41) is 21.4. The van der Waals surface area contributed by atoms with E-state index in [0.29, 0.717) is 23.2 Å². The maximum atomic E-state index is 12.5. The Bertz CT molecular complexity index is 599. The third-order valence-electron chi connectivity index (χ3n) is 5.00. The molecule has 3 rings (SSSR count). The first-order valence-corrected chi connectivity index (χ1v) is 8.73. The van der Waals surface area contributed by atoms with Crippen LogP contribution in [0.2, 0.25) is 0 Å². The van der Waals surface area contributed by atoms with E-state index in [-0.39, 0.29) is 24.5 Å².